The van der Waals surface area contributed by atoms with Gasteiger partial charge in [0.25, 0.3) is 0 Å². The van der Waals surface area contributed by atoms with Gasteiger partial charge >= 0.3 is 0 Å². The molecule has 0 heterocycles. The molecule has 5 nitrogen and oxygen atoms in total. The van der Waals surface area contributed by atoms with E-state index in [1.165, 1.54) is 4.90 Å². The highest BCUT2D eigenvalue weighted by Crippen LogP contribution is 2.18. The second kappa shape index (κ2) is 12.4. The molecule has 3 N–H and O–H groups in total. The third kappa shape index (κ3) is 9.36. The van der Waals surface area contributed by atoms with Crippen molar-refractivity contribution in [3.05, 3.63) is 30.3 Å². The van der Waals surface area contributed by atoms with Crippen molar-refractivity contribution in [1.82, 2.24) is 16.0 Å². The molecule has 24 heavy (non-hydrogen) atoms. The number of guanidine groups is 1. The summed E-state index contributed by atoms with van der Waals surface area (Å²) in [5.41, 5.74) is 0. The first-order chi connectivity index (χ1) is 11.3. The van der Waals surface area contributed by atoms with Gasteiger partial charge in [0, 0.05) is 43.2 Å². The molecule has 0 bridgehead atoms. The molecule has 1 aromatic carbocycles. The summed E-state index contributed by atoms with van der Waals surface area (Å²) in [6, 6.07) is 10.8. The number of nitrogens with zero attached hydrogens (tertiary/aromatic N) is 1. The van der Waals surface area contributed by atoms with Crippen molar-refractivity contribution in [3.63, 3.8) is 0 Å². The van der Waals surface area contributed by atoms with Crippen LogP contribution in [0.2, 0.25) is 0 Å². The first-order valence-corrected chi connectivity index (χ1v) is 9.18. The Morgan fingerprint density at radius 2 is 1.92 bits per heavy atom. The Morgan fingerprint density at radius 1 is 1.21 bits per heavy atom. The molecular formula is C17H27IN4OS. The van der Waals surface area contributed by atoms with Gasteiger partial charge in [-0.3, -0.25) is 9.79 Å². The molecule has 1 amide bonds. The van der Waals surface area contributed by atoms with Crippen LogP contribution in [0.4, 0.5) is 0 Å². The molecule has 1 fully saturated rings. The first-order valence-electron chi connectivity index (χ1n) is 8.19. The highest BCUT2D eigenvalue weighted by molar-refractivity contribution is 14.0. The van der Waals surface area contributed by atoms with Crippen molar-refractivity contribution in [2.24, 2.45) is 4.99 Å². The number of carbonyl (C=O) groups is 1. The number of nitrogens with one attached hydrogen (secondary N) is 3. The number of halogens is 1. The Bertz CT molecular complexity index is 509. The molecule has 0 unspecified atom stereocenters. The van der Waals surface area contributed by atoms with E-state index in [1.807, 2.05) is 17.8 Å². The summed E-state index contributed by atoms with van der Waals surface area (Å²) in [7, 11) is 1.76. The Morgan fingerprint density at radius 3 is 2.58 bits per heavy atom. The monoisotopic (exact) mass is 462 g/mol. The predicted octanol–water partition coefficient (Wildman–Crippen LogP) is 2.62. The number of benzene rings is 1. The number of thioether (sulfide) groups is 1. The fourth-order valence-corrected chi connectivity index (χ4v) is 2.85. The van der Waals surface area contributed by atoms with E-state index in [0.29, 0.717) is 12.5 Å². The first kappa shape index (κ1) is 21.1. The molecule has 1 saturated carbocycles. The number of rotatable bonds is 9. The molecular weight excluding hydrogens is 435 g/mol. The van der Waals surface area contributed by atoms with Crippen LogP contribution < -0.4 is 16.0 Å². The third-order valence-corrected chi connectivity index (χ3v) is 4.46. The van der Waals surface area contributed by atoms with Crippen molar-refractivity contribution in [2.45, 2.75) is 36.6 Å². The van der Waals surface area contributed by atoms with Crippen molar-refractivity contribution in [1.29, 1.82) is 0 Å². The van der Waals surface area contributed by atoms with Crippen molar-refractivity contribution < 1.29 is 4.79 Å². The number of amides is 1. The quantitative estimate of drug-likeness (QED) is 0.174. The van der Waals surface area contributed by atoms with Crippen LogP contribution in [0.3, 0.4) is 0 Å². The average molecular weight is 462 g/mol. The summed E-state index contributed by atoms with van der Waals surface area (Å²) in [4.78, 5) is 17.0. The predicted molar refractivity (Wildman–Crippen MR) is 112 cm³/mol. The largest absolute Gasteiger partial charge is 0.356 e. The summed E-state index contributed by atoms with van der Waals surface area (Å²) in [5.74, 6) is 1.94. The van der Waals surface area contributed by atoms with Gasteiger partial charge in [-0.1, -0.05) is 18.2 Å². The van der Waals surface area contributed by atoms with E-state index >= 15 is 0 Å². The zero-order valence-corrected chi connectivity index (χ0v) is 17.2. The molecule has 1 aliphatic carbocycles. The number of hydrogen-bond acceptors (Lipinski definition) is 3. The minimum atomic E-state index is 0. The van der Waals surface area contributed by atoms with Gasteiger partial charge in [0.1, 0.15) is 0 Å². The van der Waals surface area contributed by atoms with Crippen LogP contribution >= 0.6 is 35.7 Å². The SMILES string of the molecule is CN=C(NCCCC(=O)NC1CC1)NCCSc1ccccc1.I. The van der Waals surface area contributed by atoms with E-state index in [0.717, 1.165) is 44.1 Å². The Hall–Kier alpha value is -0.960. The molecule has 2 rings (SSSR count). The van der Waals surface area contributed by atoms with Gasteiger partial charge in [0.2, 0.25) is 5.91 Å². The Balaban J connectivity index is 0.00000288. The van der Waals surface area contributed by atoms with Crippen LogP contribution in [-0.2, 0) is 4.79 Å². The van der Waals surface area contributed by atoms with Crippen LogP contribution in [0.1, 0.15) is 25.7 Å². The number of carbonyl (C=O) groups excluding carboxylic acids is 1. The van der Waals surface area contributed by atoms with E-state index in [2.05, 4.69) is 45.2 Å². The van der Waals surface area contributed by atoms with Gasteiger partial charge in [-0.2, -0.15) is 0 Å². The average Bonchev–Trinajstić information content (AvgIpc) is 3.38. The van der Waals surface area contributed by atoms with Crippen molar-refractivity contribution in [3.8, 4) is 0 Å². The lowest BCUT2D eigenvalue weighted by atomic mass is 10.3. The maximum absolute atomic E-state index is 11.6. The summed E-state index contributed by atoms with van der Waals surface area (Å²) >= 11 is 1.82. The maximum atomic E-state index is 11.6. The molecule has 0 saturated heterocycles. The van der Waals surface area contributed by atoms with Gasteiger partial charge in [0.05, 0.1) is 0 Å². The van der Waals surface area contributed by atoms with Crippen LogP contribution in [0, 0.1) is 0 Å². The van der Waals surface area contributed by atoms with E-state index < -0.39 is 0 Å². The molecule has 1 aliphatic rings. The van der Waals surface area contributed by atoms with E-state index in [-0.39, 0.29) is 29.9 Å². The van der Waals surface area contributed by atoms with Gasteiger partial charge in [-0.25, -0.2) is 0 Å². The van der Waals surface area contributed by atoms with E-state index in [1.54, 1.807) is 7.05 Å². The molecule has 0 spiro atoms. The summed E-state index contributed by atoms with van der Waals surface area (Å²) < 4.78 is 0. The third-order valence-electron chi connectivity index (χ3n) is 3.45. The van der Waals surface area contributed by atoms with Crippen molar-refractivity contribution >= 4 is 47.6 Å². The minimum Gasteiger partial charge on any atom is -0.356 e. The molecule has 7 heteroatoms. The topological polar surface area (TPSA) is 65.5 Å². The lowest BCUT2D eigenvalue weighted by Crippen LogP contribution is -2.39. The number of hydrogen-bond donors (Lipinski definition) is 3. The molecule has 0 atom stereocenters. The summed E-state index contributed by atoms with van der Waals surface area (Å²) in [5, 5.41) is 9.53. The zero-order valence-electron chi connectivity index (χ0n) is 14.1. The van der Waals surface area contributed by atoms with E-state index in [4.69, 9.17) is 0 Å². The van der Waals surface area contributed by atoms with Gasteiger partial charge in [-0.05, 0) is 31.4 Å². The highest BCUT2D eigenvalue weighted by atomic mass is 127. The van der Waals surface area contributed by atoms with Crippen LogP contribution in [0.15, 0.2) is 40.2 Å². The lowest BCUT2D eigenvalue weighted by molar-refractivity contribution is -0.121. The molecule has 0 aromatic heterocycles. The smallest absolute Gasteiger partial charge is 0.220 e. The van der Waals surface area contributed by atoms with Crippen LogP contribution in [0.5, 0.6) is 0 Å². The zero-order chi connectivity index (χ0) is 16.3. The van der Waals surface area contributed by atoms with Gasteiger partial charge in [-0.15, -0.1) is 35.7 Å². The van der Waals surface area contributed by atoms with Gasteiger partial charge < -0.3 is 16.0 Å². The second-order valence-corrected chi connectivity index (χ2v) is 6.70. The normalized spacial score (nSPS) is 13.8. The number of aliphatic imine (C=N–C) groups is 1. The van der Waals surface area contributed by atoms with Crippen LogP contribution in [-0.4, -0.2) is 43.8 Å². The van der Waals surface area contributed by atoms with Gasteiger partial charge in [0.15, 0.2) is 5.96 Å². The van der Waals surface area contributed by atoms with Crippen molar-refractivity contribution in [2.75, 3.05) is 25.9 Å². The lowest BCUT2D eigenvalue weighted by Gasteiger charge is -2.11. The fourth-order valence-electron chi connectivity index (χ4n) is 2.06. The van der Waals surface area contributed by atoms with Crippen LogP contribution in [0.25, 0.3) is 0 Å². The maximum Gasteiger partial charge on any atom is 0.220 e. The molecule has 1 aromatic rings. The molecule has 134 valence electrons. The highest BCUT2D eigenvalue weighted by Gasteiger charge is 2.22. The Kier molecular flexibility index (Phi) is 10.9. The standard InChI is InChI=1S/C17H26N4OS.HI/c1-18-17(19-11-5-8-16(22)21-14-9-10-14)20-12-13-23-15-6-3-2-4-7-15;/h2-4,6-7,14H,5,8-13H2,1H3,(H,21,22)(H2,18,19,20);1H. The fraction of sp³-hybridized carbons (Fsp3) is 0.529. The van der Waals surface area contributed by atoms with E-state index in [9.17, 15) is 4.79 Å². The molecule has 0 aliphatic heterocycles. The summed E-state index contributed by atoms with van der Waals surface area (Å²) in [6.07, 6.45) is 3.67. The minimum absolute atomic E-state index is 0. The summed E-state index contributed by atoms with van der Waals surface area (Å²) in [6.45, 7) is 1.60. The second-order valence-electron chi connectivity index (χ2n) is 5.53. The molecule has 0 radical (unpaired) electrons. The Labute approximate surface area is 165 Å².